The molecule has 0 radical (unpaired) electrons. The number of hydrogen-bond acceptors (Lipinski definition) is 15. The van der Waals surface area contributed by atoms with Crippen LogP contribution < -0.4 is 0 Å². The number of allylic oxidation sites excluding steroid dienone is 16. The highest BCUT2D eigenvalue weighted by molar-refractivity contribution is 7.47. The molecule has 0 aromatic carbocycles. The second-order valence-electron chi connectivity index (χ2n) is 26.3. The Balaban J connectivity index is 5.40. The summed E-state index contributed by atoms with van der Waals surface area (Å²) in [7, 11) is -9.97. The molecule has 0 spiro atoms. The number of hydrogen-bond donors (Lipinski definition) is 3. The predicted molar refractivity (Wildman–Crippen MR) is 409 cm³/mol. The molecule has 3 N–H and O–H groups in total. The first-order valence-corrected chi connectivity index (χ1v) is 42.5. The van der Waals surface area contributed by atoms with Crippen LogP contribution in [0.15, 0.2) is 97.2 Å². The van der Waals surface area contributed by atoms with Crippen LogP contribution in [0, 0.1) is 0 Å². The lowest BCUT2D eigenvalue weighted by Gasteiger charge is -2.21. The average molecular weight is 1450 g/mol. The van der Waals surface area contributed by atoms with E-state index >= 15 is 0 Å². The molecule has 0 saturated heterocycles. The van der Waals surface area contributed by atoms with Crippen molar-refractivity contribution in [3.63, 3.8) is 0 Å². The van der Waals surface area contributed by atoms with E-state index in [1.54, 1.807) is 0 Å². The number of carbonyl (C=O) groups is 4. The fraction of sp³-hybridized carbons (Fsp3) is 0.753. The zero-order chi connectivity index (χ0) is 73.2. The van der Waals surface area contributed by atoms with E-state index in [2.05, 4.69) is 113 Å². The van der Waals surface area contributed by atoms with E-state index in [-0.39, 0.29) is 25.7 Å². The summed E-state index contributed by atoms with van der Waals surface area (Å²) in [6.45, 7) is 4.73. The Morgan fingerprint density at radius 2 is 0.500 bits per heavy atom. The van der Waals surface area contributed by atoms with Gasteiger partial charge in [-0.1, -0.05) is 279 Å². The van der Waals surface area contributed by atoms with Crippen LogP contribution in [0.3, 0.4) is 0 Å². The first-order valence-electron chi connectivity index (χ1n) is 39.5. The minimum Gasteiger partial charge on any atom is -0.462 e. The lowest BCUT2D eigenvalue weighted by Crippen LogP contribution is -2.30. The SMILES string of the molecule is CCCCC/C=C\C/C=C\C/C=C\C/C=C\CCCC(=O)OC[C@H](COP(=O)(O)OC[C@@H](O)COP(=O)(O)OC[C@@H](COC(=O)CCCCCCC/C=C\C/C=C\CCCCC)OC(=O)CCCCCCCCCCCCCCC)OC(=O)CCCCCCC/C=C\C/C=C\CCCCC. The molecule has 0 fully saturated rings. The minimum absolute atomic E-state index is 0.0674. The predicted octanol–water partition coefficient (Wildman–Crippen LogP) is 22.8. The fourth-order valence-corrected chi connectivity index (χ4v) is 12.0. The molecule has 0 aliphatic rings. The van der Waals surface area contributed by atoms with E-state index in [1.165, 1.54) is 109 Å². The van der Waals surface area contributed by atoms with Crippen LogP contribution in [-0.2, 0) is 65.4 Å². The summed E-state index contributed by atoms with van der Waals surface area (Å²) in [5.74, 6) is -2.25. The van der Waals surface area contributed by atoms with E-state index < -0.39 is 97.5 Å². The maximum absolute atomic E-state index is 13.1. The maximum atomic E-state index is 13.1. The molecule has 2 unspecified atom stereocenters. The second-order valence-corrected chi connectivity index (χ2v) is 29.2. The van der Waals surface area contributed by atoms with Gasteiger partial charge in [-0.3, -0.25) is 37.3 Å². The van der Waals surface area contributed by atoms with Gasteiger partial charge >= 0.3 is 39.5 Å². The quantitative estimate of drug-likeness (QED) is 0.0169. The largest absolute Gasteiger partial charge is 0.472 e. The van der Waals surface area contributed by atoms with Crippen molar-refractivity contribution in [1.82, 2.24) is 0 Å². The van der Waals surface area contributed by atoms with Gasteiger partial charge in [0.1, 0.15) is 19.3 Å². The highest BCUT2D eigenvalue weighted by atomic mass is 31.2. The Hall–Kier alpha value is -4.02. The summed E-state index contributed by atoms with van der Waals surface area (Å²) in [6, 6.07) is 0. The zero-order valence-electron chi connectivity index (χ0n) is 63.1. The van der Waals surface area contributed by atoms with Gasteiger partial charge in [0.05, 0.1) is 26.4 Å². The first-order chi connectivity index (χ1) is 48.7. The summed E-state index contributed by atoms with van der Waals surface area (Å²) in [4.78, 5) is 72.9. The monoisotopic (exact) mass is 1450 g/mol. The molecule has 0 aliphatic carbocycles. The van der Waals surface area contributed by atoms with Gasteiger partial charge in [0.2, 0.25) is 0 Å². The Morgan fingerprint density at radius 3 is 0.810 bits per heavy atom. The summed E-state index contributed by atoms with van der Waals surface area (Å²) in [5.41, 5.74) is 0. The first kappa shape index (κ1) is 96.0. The van der Waals surface area contributed by atoms with Crippen molar-refractivity contribution in [2.45, 2.75) is 354 Å². The minimum atomic E-state index is -4.99. The van der Waals surface area contributed by atoms with E-state index in [0.29, 0.717) is 32.1 Å². The van der Waals surface area contributed by atoms with Crippen molar-refractivity contribution >= 4 is 39.5 Å². The number of phosphoric ester groups is 2. The molecular formula is C81H142O17P2. The molecule has 578 valence electrons. The van der Waals surface area contributed by atoms with Crippen molar-refractivity contribution in [2.75, 3.05) is 39.6 Å². The Kier molecular flexibility index (Phi) is 70.4. The van der Waals surface area contributed by atoms with Gasteiger partial charge in [0, 0.05) is 25.7 Å². The molecule has 0 heterocycles. The van der Waals surface area contributed by atoms with Gasteiger partial charge in [0.15, 0.2) is 12.2 Å². The summed E-state index contributed by atoms with van der Waals surface area (Å²) >= 11 is 0. The topological polar surface area (TPSA) is 237 Å². The normalized spacial score (nSPS) is 14.4. The zero-order valence-corrected chi connectivity index (χ0v) is 64.9. The van der Waals surface area contributed by atoms with E-state index in [9.17, 15) is 43.2 Å². The lowest BCUT2D eigenvalue weighted by molar-refractivity contribution is -0.161. The van der Waals surface area contributed by atoms with Gasteiger partial charge in [-0.25, -0.2) is 9.13 Å². The molecule has 17 nitrogen and oxygen atoms in total. The van der Waals surface area contributed by atoms with Crippen LogP contribution >= 0.6 is 15.6 Å². The average Bonchev–Trinajstić information content (AvgIpc) is 1.06. The van der Waals surface area contributed by atoms with Crippen LogP contribution in [0.4, 0.5) is 0 Å². The van der Waals surface area contributed by atoms with Crippen LogP contribution in [0.25, 0.3) is 0 Å². The molecule has 100 heavy (non-hydrogen) atoms. The van der Waals surface area contributed by atoms with Gasteiger partial charge in [-0.2, -0.15) is 0 Å². The van der Waals surface area contributed by atoms with E-state index in [0.717, 1.165) is 141 Å². The van der Waals surface area contributed by atoms with Crippen LogP contribution in [0.1, 0.15) is 336 Å². The number of unbranched alkanes of at least 4 members (excludes halogenated alkanes) is 32. The van der Waals surface area contributed by atoms with Gasteiger partial charge in [-0.05, 0) is 128 Å². The third kappa shape index (κ3) is 72.3. The van der Waals surface area contributed by atoms with Crippen LogP contribution in [0.5, 0.6) is 0 Å². The van der Waals surface area contributed by atoms with Crippen LogP contribution in [-0.4, -0.2) is 96.7 Å². The third-order valence-corrected chi connectivity index (χ3v) is 18.4. The molecular weight excluding hydrogens is 1310 g/mol. The van der Waals surface area contributed by atoms with E-state index in [4.69, 9.17) is 37.0 Å². The van der Waals surface area contributed by atoms with Gasteiger partial charge in [-0.15, -0.1) is 0 Å². The smallest absolute Gasteiger partial charge is 0.462 e. The maximum Gasteiger partial charge on any atom is 0.472 e. The number of esters is 4. The summed E-state index contributed by atoms with van der Waals surface area (Å²) < 4.78 is 68.5. The summed E-state index contributed by atoms with van der Waals surface area (Å²) in [6.07, 6.45) is 76.8. The Morgan fingerprint density at radius 1 is 0.280 bits per heavy atom. The second kappa shape index (κ2) is 73.3. The van der Waals surface area contributed by atoms with Crippen LogP contribution in [0.2, 0.25) is 0 Å². The van der Waals surface area contributed by atoms with Gasteiger partial charge in [0.25, 0.3) is 0 Å². The molecule has 0 rings (SSSR count). The number of rotatable bonds is 74. The van der Waals surface area contributed by atoms with E-state index in [1.807, 2.05) is 12.2 Å². The lowest BCUT2D eigenvalue weighted by atomic mass is 10.0. The molecule has 5 atom stereocenters. The molecule has 0 amide bonds. The van der Waals surface area contributed by atoms with Crippen molar-refractivity contribution in [3.05, 3.63) is 97.2 Å². The Bertz CT molecular complexity index is 2270. The standard InChI is InChI=1S/C81H142O17P2/c1-5-9-13-17-21-25-29-33-36-37-40-43-46-50-54-58-62-66-79(84)92-72-77(98-81(86)68-64-60-56-52-48-44-39-35-31-27-23-19-15-11-7-3)74-96-100(89,90)94-70-75(82)69-93-99(87,88)95-73-76(97-80(85)67-63-59-55-51-47-41-32-28-24-20-16-12-8-4)71-91-78(83)65-61-57-53-49-45-42-38-34-30-26-22-18-14-10-6-2/h21-23,25-27,33-36,38-40,43,50,54,75-77,82H,5-20,24,28-32,37,41-42,44-49,51-53,55-74H2,1-4H3,(H,87,88)(H,89,90)/b25-21-,26-22-,27-23-,36-33-,38-34-,39-35-,43-40-,54-50-/t75-,76+,77+/m0/s1. The number of phosphoric acid groups is 2. The van der Waals surface area contributed by atoms with Crippen molar-refractivity contribution in [1.29, 1.82) is 0 Å². The highest BCUT2D eigenvalue weighted by Crippen LogP contribution is 2.45. The summed E-state index contributed by atoms with van der Waals surface area (Å²) in [5, 5.41) is 10.6. The highest BCUT2D eigenvalue weighted by Gasteiger charge is 2.30. The van der Waals surface area contributed by atoms with Crippen molar-refractivity contribution in [3.8, 4) is 0 Å². The molecule has 0 saturated carbocycles. The molecule has 0 bridgehead atoms. The third-order valence-electron chi connectivity index (χ3n) is 16.5. The molecule has 0 aliphatic heterocycles. The van der Waals surface area contributed by atoms with Gasteiger partial charge < -0.3 is 33.8 Å². The number of carbonyl (C=O) groups excluding carboxylic acids is 4. The van der Waals surface area contributed by atoms with Crippen molar-refractivity contribution < 1.29 is 80.2 Å². The molecule has 0 aromatic heterocycles. The number of aliphatic hydroxyl groups is 1. The Labute approximate surface area is 607 Å². The molecule has 19 heteroatoms. The molecule has 0 aromatic rings. The fourth-order valence-electron chi connectivity index (χ4n) is 10.4. The number of aliphatic hydroxyl groups excluding tert-OH is 1. The number of ether oxygens (including phenoxy) is 4. The van der Waals surface area contributed by atoms with Crippen molar-refractivity contribution in [2.24, 2.45) is 0 Å².